The SMILES string of the molecule is CCOc1cccc(CNCCc2c(C)[nH]c3ccc(OC)cc23)c1O.O=C(O)C(=O)O. The van der Waals surface area contributed by atoms with Crippen LogP contribution >= 0.6 is 0 Å². The molecule has 0 unspecified atom stereocenters. The van der Waals surface area contributed by atoms with Crippen molar-refractivity contribution in [3.63, 3.8) is 0 Å². The van der Waals surface area contributed by atoms with Crippen LogP contribution in [0, 0.1) is 6.92 Å². The number of phenols is 1. The van der Waals surface area contributed by atoms with E-state index < -0.39 is 11.9 Å². The Kier molecular flexibility index (Phi) is 8.91. The average molecular weight is 444 g/mol. The van der Waals surface area contributed by atoms with E-state index in [1.165, 1.54) is 16.6 Å². The molecule has 3 aromatic rings. The number of aromatic amines is 1. The molecule has 172 valence electrons. The van der Waals surface area contributed by atoms with Gasteiger partial charge >= 0.3 is 11.9 Å². The number of H-pyrrole nitrogens is 1. The van der Waals surface area contributed by atoms with Gasteiger partial charge < -0.3 is 35.1 Å². The van der Waals surface area contributed by atoms with E-state index in [-0.39, 0.29) is 5.75 Å². The van der Waals surface area contributed by atoms with Gasteiger partial charge in [-0.05, 0) is 56.6 Å². The number of aryl methyl sites for hydroxylation is 1. The maximum Gasteiger partial charge on any atom is 0.414 e. The number of fused-ring (bicyclic) bond motifs is 1. The number of rotatable bonds is 8. The number of carboxylic acids is 2. The third kappa shape index (κ3) is 6.39. The van der Waals surface area contributed by atoms with Gasteiger partial charge in [-0.15, -0.1) is 0 Å². The molecule has 9 nitrogen and oxygen atoms in total. The molecule has 1 heterocycles. The molecule has 0 fully saturated rings. The van der Waals surface area contributed by atoms with Crippen LogP contribution in [0.25, 0.3) is 10.9 Å². The number of para-hydroxylation sites is 1. The fraction of sp³-hybridized carbons (Fsp3) is 0.304. The van der Waals surface area contributed by atoms with Crippen LogP contribution in [-0.4, -0.2) is 52.5 Å². The van der Waals surface area contributed by atoms with Gasteiger partial charge in [0.25, 0.3) is 0 Å². The monoisotopic (exact) mass is 444 g/mol. The molecule has 5 N–H and O–H groups in total. The van der Waals surface area contributed by atoms with Crippen molar-refractivity contribution in [1.82, 2.24) is 10.3 Å². The Morgan fingerprint density at radius 2 is 1.84 bits per heavy atom. The molecule has 0 amide bonds. The summed E-state index contributed by atoms with van der Waals surface area (Å²) in [7, 11) is 1.69. The molecule has 0 aliphatic carbocycles. The molecule has 3 rings (SSSR count). The van der Waals surface area contributed by atoms with E-state index in [0.717, 1.165) is 29.8 Å². The normalized spacial score (nSPS) is 10.3. The summed E-state index contributed by atoms with van der Waals surface area (Å²) in [4.78, 5) is 21.6. The lowest BCUT2D eigenvalue weighted by Gasteiger charge is -2.11. The summed E-state index contributed by atoms with van der Waals surface area (Å²) in [5.41, 5.74) is 4.43. The highest BCUT2D eigenvalue weighted by Crippen LogP contribution is 2.30. The first-order valence-corrected chi connectivity index (χ1v) is 10.0. The Morgan fingerprint density at radius 3 is 2.47 bits per heavy atom. The van der Waals surface area contributed by atoms with Gasteiger partial charge in [0.2, 0.25) is 0 Å². The second kappa shape index (κ2) is 11.6. The number of benzene rings is 2. The number of hydrogen-bond donors (Lipinski definition) is 5. The van der Waals surface area contributed by atoms with E-state index in [2.05, 4.69) is 29.4 Å². The van der Waals surface area contributed by atoms with Crippen LogP contribution in [0.15, 0.2) is 36.4 Å². The van der Waals surface area contributed by atoms with E-state index in [1.54, 1.807) is 13.2 Å². The number of aliphatic carboxylic acids is 2. The van der Waals surface area contributed by atoms with E-state index in [0.29, 0.717) is 18.9 Å². The molecule has 0 aliphatic rings. The van der Waals surface area contributed by atoms with Gasteiger partial charge in [-0.1, -0.05) is 12.1 Å². The summed E-state index contributed by atoms with van der Waals surface area (Å²) >= 11 is 0. The number of ether oxygens (including phenoxy) is 2. The first-order chi connectivity index (χ1) is 15.3. The van der Waals surface area contributed by atoms with Crippen LogP contribution in [-0.2, 0) is 22.6 Å². The van der Waals surface area contributed by atoms with Crippen molar-refractivity contribution < 1.29 is 34.4 Å². The molecule has 0 aliphatic heterocycles. The molecule has 0 atom stereocenters. The highest BCUT2D eigenvalue weighted by Gasteiger charge is 2.10. The topological polar surface area (TPSA) is 141 Å². The molecule has 2 aromatic carbocycles. The van der Waals surface area contributed by atoms with Gasteiger partial charge in [0.15, 0.2) is 11.5 Å². The third-order valence-electron chi connectivity index (χ3n) is 4.76. The fourth-order valence-electron chi connectivity index (χ4n) is 3.23. The molecular weight excluding hydrogens is 416 g/mol. The average Bonchev–Trinajstić information content (AvgIpc) is 3.08. The van der Waals surface area contributed by atoms with E-state index in [1.807, 2.05) is 25.1 Å². The molecule has 1 aromatic heterocycles. The van der Waals surface area contributed by atoms with Crippen LogP contribution in [0.5, 0.6) is 17.2 Å². The van der Waals surface area contributed by atoms with Crippen molar-refractivity contribution in [3.8, 4) is 17.2 Å². The smallest absolute Gasteiger partial charge is 0.414 e. The number of aromatic nitrogens is 1. The van der Waals surface area contributed by atoms with Crippen molar-refractivity contribution in [2.75, 3.05) is 20.3 Å². The lowest BCUT2D eigenvalue weighted by molar-refractivity contribution is -0.159. The number of phenolic OH excluding ortho intramolecular Hbond substituents is 1. The van der Waals surface area contributed by atoms with Crippen molar-refractivity contribution in [2.24, 2.45) is 0 Å². The number of carbonyl (C=O) groups is 2. The highest BCUT2D eigenvalue weighted by molar-refractivity contribution is 6.27. The van der Waals surface area contributed by atoms with Crippen LogP contribution < -0.4 is 14.8 Å². The minimum absolute atomic E-state index is 0.217. The number of aromatic hydroxyl groups is 1. The largest absolute Gasteiger partial charge is 0.504 e. The fourth-order valence-corrected chi connectivity index (χ4v) is 3.23. The maximum absolute atomic E-state index is 10.3. The predicted octanol–water partition coefficient (Wildman–Crippen LogP) is 3.08. The van der Waals surface area contributed by atoms with E-state index in [4.69, 9.17) is 29.3 Å². The van der Waals surface area contributed by atoms with Crippen LogP contribution in [0.2, 0.25) is 0 Å². The van der Waals surface area contributed by atoms with Crippen molar-refractivity contribution in [1.29, 1.82) is 0 Å². The third-order valence-corrected chi connectivity index (χ3v) is 4.76. The number of methoxy groups -OCH3 is 1. The summed E-state index contributed by atoms with van der Waals surface area (Å²) in [6.45, 7) is 5.94. The summed E-state index contributed by atoms with van der Waals surface area (Å²) in [5.74, 6) is -2.03. The summed E-state index contributed by atoms with van der Waals surface area (Å²) in [6, 6.07) is 11.7. The van der Waals surface area contributed by atoms with Gasteiger partial charge in [-0.3, -0.25) is 0 Å². The lowest BCUT2D eigenvalue weighted by atomic mass is 10.1. The molecule has 0 spiro atoms. The second-order valence-corrected chi connectivity index (χ2v) is 6.87. The van der Waals surface area contributed by atoms with Gasteiger partial charge in [-0.25, -0.2) is 9.59 Å². The molecule has 0 bridgehead atoms. The minimum atomic E-state index is -1.82. The molecule has 0 saturated carbocycles. The van der Waals surface area contributed by atoms with E-state index >= 15 is 0 Å². The maximum atomic E-state index is 10.3. The zero-order valence-corrected chi connectivity index (χ0v) is 18.3. The Hall–Kier alpha value is -3.72. The van der Waals surface area contributed by atoms with Crippen LogP contribution in [0.4, 0.5) is 0 Å². The van der Waals surface area contributed by atoms with Gasteiger partial charge in [-0.2, -0.15) is 0 Å². The first-order valence-electron chi connectivity index (χ1n) is 10.0. The van der Waals surface area contributed by atoms with E-state index in [9.17, 15) is 5.11 Å². The molecule has 9 heteroatoms. The van der Waals surface area contributed by atoms with Crippen LogP contribution in [0.3, 0.4) is 0 Å². The van der Waals surface area contributed by atoms with Crippen molar-refractivity contribution >= 4 is 22.8 Å². The quantitative estimate of drug-likeness (QED) is 0.264. The highest BCUT2D eigenvalue weighted by atomic mass is 16.5. The lowest BCUT2D eigenvalue weighted by Crippen LogP contribution is -2.17. The van der Waals surface area contributed by atoms with Crippen molar-refractivity contribution in [3.05, 3.63) is 53.2 Å². The summed E-state index contributed by atoms with van der Waals surface area (Å²) in [5, 5.41) is 29.7. The Morgan fingerprint density at radius 1 is 1.12 bits per heavy atom. The number of carboxylic acid groups (broad SMARTS) is 2. The summed E-state index contributed by atoms with van der Waals surface area (Å²) in [6.07, 6.45) is 0.894. The molecule has 32 heavy (non-hydrogen) atoms. The zero-order chi connectivity index (χ0) is 23.7. The second-order valence-electron chi connectivity index (χ2n) is 6.87. The minimum Gasteiger partial charge on any atom is -0.504 e. The van der Waals surface area contributed by atoms with Crippen molar-refractivity contribution in [2.45, 2.75) is 26.8 Å². The Bertz CT molecular complexity index is 1060. The Balaban J connectivity index is 0.000000534. The van der Waals surface area contributed by atoms with Gasteiger partial charge in [0.1, 0.15) is 5.75 Å². The van der Waals surface area contributed by atoms with Gasteiger partial charge in [0.05, 0.1) is 13.7 Å². The first kappa shape index (κ1) is 24.5. The summed E-state index contributed by atoms with van der Waals surface area (Å²) < 4.78 is 10.8. The van der Waals surface area contributed by atoms with Crippen LogP contribution in [0.1, 0.15) is 23.7 Å². The standard InChI is InChI=1S/C21H26N2O3.C2H2O4/c1-4-26-20-7-5-6-15(21(20)24)13-22-11-10-17-14(2)23-19-9-8-16(25-3)12-18(17)19;3-1(4)2(5)6/h5-9,12,22-24H,4,10-11,13H2,1-3H3;(H,3,4)(H,5,6). The number of nitrogens with one attached hydrogen (secondary N) is 2. The predicted molar refractivity (Wildman–Crippen MR) is 120 cm³/mol. The molecular formula is C23H28N2O7. The Labute approximate surface area is 185 Å². The molecule has 0 saturated heterocycles. The number of hydrogen-bond acceptors (Lipinski definition) is 6. The zero-order valence-electron chi connectivity index (χ0n) is 18.3. The molecule has 0 radical (unpaired) electrons. The van der Waals surface area contributed by atoms with Gasteiger partial charge in [0, 0.05) is 28.7 Å².